The number of aromatic nitrogens is 2. The molecule has 4 rings (SSSR count). The summed E-state index contributed by atoms with van der Waals surface area (Å²) in [7, 11) is 1.66. The molecule has 1 aliphatic rings. The molecule has 0 radical (unpaired) electrons. The van der Waals surface area contributed by atoms with Gasteiger partial charge in [-0.1, -0.05) is 6.07 Å². The van der Waals surface area contributed by atoms with Crippen LogP contribution in [0.4, 0.5) is 5.82 Å². The Balaban J connectivity index is 1.35. The first-order valence-corrected chi connectivity index (χ1v) is 12.2. The molecule has 2 N–H and O–H groups in total. The second kappa shape index (κ2) is 11.6. The van der Waals surface area contributed by atoms with Gasteiger partial charge in [-0.2, -0.15) is 5.10 Å². The summed E-state index contributed by atoms with van der Waals surface area (Å²) >= 11 is 0. The zero-order valence-corrected chi connectivity index (χ0v) is 20.7. The van der Waals surface area contributed by atoms with Crippen LogP contribution in [-0.2, 0) is 11.2 Å². The van der Waals surface area contributed by atoms with E-state index in [1.807, 2.05) is 56.3 Å². The molecule has 1 aliphatic heterocycles. The smallest absolute Gasteiger partial charge is 0.224 e. The van der Waals surface area contributed by atoms with Crippen LogP contribution in [0.15, 0.2) is 48.5 Å². The monoisotopic (exact) mass is 478 g/mol. The average Bonchev–Trinajstić information content (AvgIpc) is 3.36. The topological polar surface area (TPSA) is 88.7 Å². The van der Waals surface area contributed by atoms with E-state index in [0.717, 1.165) is 54.3 Å². The Hall–Kier alpha value is -3.68. The van der Waals surface area contributed by atoms with Crippen LogP contribution < -0.4 is 24.4 Å². The number of rotatable bonds is 10. The molecule has 0 saturated carbocycles. The highest BCUT2D eigenvalue weighted by molar-refractivity contribution is 5.79. The van der Waals surface area contributed by atoms with Crippen molar-refractivity contribution >= 4 is 11.7 Å². The van der Waals surface area contributed by atoms with E-state index in [4.69, 9.17) is 14.2 Å². The van der Waals surface area contributed by atoms with Crippen molar-refractivity contribution in [3.8, 4) is 28.5 Å². The van der Waals surface area contributed by atoms with Gasteiger partial charge >= 0.3 is 0 Å². The number of methoxy groups -OCH3 is 1. The van der Waals surface area contributed by atoms with E-state index in [-0.39, 0.29) is 11.9 Å². The van der Waals surface area contributed by atoms with Gasteiger partial charge in [0.15, 0.2) is 17.3 Å². The van der Waals surface area contributed by atoms with Crippen LogP contribution in [0.2, 0.25) is 0 Å². The van der Waals surface area contributed by atoms with Crippen molar-refractivity contribution in [2.24, 2.45) is 0 Å². The lowest BCUT2D eigenvalue weighted by molar-refractivity contribution is -0.121. The van der Waals surface area contributed by atoms with E-state index in [2.05, 4.69) is 26.5 Å². The van der Waals surface area contributed by atoms with Crippen LogP contribution in [0, 0.1) is 0 Å². The Kier molecular flexibility index (Phi) is 8.13. The highest BCUT2D eigenvalue weighted by Gasteiger charge is 2.23. The molecule has 1 aromatic heterocycles. The fraction of sp³-hybridized carbons (Fsp3) is 0.407. The molecule has 1 atom stereocenters. The molecule has 8 nitrogen and oxygen atoms in total. The SMILES string of the molecule is CCOc1ccc(CC(=O)NC2CCCN(c3cc(-c4ccc(OC)cc4)[nH]n3)C2)cc1OCC. The lowest BCUT2D eigenvalue weighted by Crippen LogP contribution is -2.48. The largest absolute Gasteiger partial charge is 0.497 e. The highest BCUT2D eigenvalue weighted by atomic mass is 16.5. The van der Waals surface area contributed by atoms with Crippen molar-refractivity contribution in [1.82, 2.24) is 15.5 Å². The molecule has 1 fully saturated rings. The number of hydrogen-bond acceptors (Lipinski definition) is 6. The summed E-state index contributed by atoms with van der Waals surface area (Å²) < 4.78 is 16.5. The number of carbonyl (C=O) groups excluding carboxylic acids is 1. The zero-order chi connectivity index (χ0) is 24.6. The van der Waals surface area contributed by atoms with Crippen LogP contribution >= 0.6 is 0 Å². The molecule has 3 aromatic rings. The number of anilines is 1. The number of nitrogens with one attached hydrogen (secondary N) is 2. The summed E-state index contributed by atoms with van der Waals surface area (Å²) in [6.45, 7) is 6.62. The average molecular weight is 479 g/mol. The van der Waals surface area contributed by atoms with Crippen LogP contribution in [0.3, 0.4) is 0 Å². The van der Waals surface area contributed by atoms with Gasteiger partial charge < -0.3 is 24.4 Å². The molecular formula is C27H34N4O4. The van der Waals surface area contributed by atoms with Gasteiger partial charge in [0, 0.05) is 25.2 Å². The Morgan fingerprint density at radius 2 is 1.86 bits per heavy atom. The van der Waals surface area contributed by atoms with Gasteiger partial charge in [0.05, 0.1) is 32.4 Å². The predicted molar refractivity (Wildman–Crippen MR) is 136 cm³/mol. The lowest BCUT2D eigenvalue weighted by Gasteiger charge is -2.33. The van der Waals surface area contributed by atoms with Crippen LogP contribution in [0.25, 0.3) is 11.3 Å². The van der Waals surface area contributed by atoms with Crippen molar-refractivity contribution in [2.45, 2.75) is 39.2 Å². The minimum atomic E-state index is 0.00408. The van der Waals surface area contributed by atoms with Gasteiger partial charge in [-0.3, -0.25) is 9.89 Å². The Bertz CT molecular complexity index is 1110. The first-order chi connectivity index (χ1) is 17.1. The normalized spacial score (nSPS) is 15.5. The minimum absolute atomic E-state index is 0.00408. The van der Waals surface area contributed by atoms with E-state index in [9.17, 15) is 4.79 Å². The van der Waals surface area contributed by atoms with E-state index in [1.54, 1.807) is 7.11 Å². The molecule has 35 heavy (non-hydrogen) atoms. The number of nitrogens with zero attached hydrogens (tertiary/aromatic N) is 2. The van der Waals surface area contributed by atoms with Gasteiger partial charge in [0.2, 0.25) is 5.91 Å². The Morgan fingerprint density at radius 1 is 1.09 bits per heavy atom. The van der Waals surface area contributed by atoms with Crippen molar-refractivity contribution < 1.29 is 19.0 Å². The van der Waals surface area contributed by atoms with Gasteiger partial charge in [-0.25, -0.2) is 0 Å². The summed E-state index contributed by atoms with van der Waals surface area (Å²) in [4.78, 5) is 15.0. The maximum atomic E-state index is 12.8. The van der Waals surface area contributed by atoms with Gasteiger partial charge in [0.1, 0.15) is 5.75 Å². The first-order valence-electron chi connectivity index (χ1n) is 12.2. The van der Waals surface area contributed by atoms with E-state index >= 15 is 0 Å². The van der Waals surface area contributed by atoms with Crippen molar-refractivity contribution in [2.75, 3.05) is 38.3 Å². The number of benzene rings is 2. The summed E-state index contributed by atoms with van der Waals surface area (Å²) in [5.74, 6) is 3.10. The minimum Gasteiger partial charge on any atom is -0.497 e. The number of piperidine rings is 1. The third kappa shape index (κ3) is 6.26. The van der Waals surface area contributed by atoms with Gasteiger partial charge in [-0.15, -0.1) is 0 Å². The molecule has 2 aromatic carbocycles. The predicted octanol–water partition coefficient (Wildman–Crippen LogP) is 4.21. The molecular weight excluding hydrogens is 444 g/mol. The second-order valence-corrected chi connectivity index (χ2v) is 8.54. The number of carbonyl (C=O) groups is 1. The summed E-state index contributed by atoms with van der Waals surface area (Å²) in [5, 5.41) is 10.9. The summed E-state index contributed by atoms with van der Waals surface area (Å²) in [6, 6.07) is 15.7. The zero-order valence-electron chi connectivity index (χ0n) is 20.7. The number of H-pyrrole nitrogens is 1. The van der Waals surface area contributed by atoms with E-state index in [1.165, 1.54) is 0 Å². The maximum absolute atomic E-state index is 12.8. The number of amides is 1. The third-order valence-corrected chi connectivity index (χ3v) is 6.05. The summed E-state index contributed by atoms with van der Waals surface area (Å²) in [5.41, 5.74) is 2.90. The standard InChI is InChI=1S/C27H34N4O4/c1-4-34-24-13-8-19(15-25(24)35-5-2)16-27(32)28-21-7-6-14-31(18-21)26-17-23(29-30-26)20-9-11-22(33-3)12-10-20/h8-13,15,17,21H,4-7,14,16,18H2,1-3H3,(H,28,32)(H,29,30). The van der Waals surface area contributed by atoms with Crippen LogP contribution in [-0.4, -0.2) is 55.6 Å². The van der Waals surface area contributed by atoms with E-state index < -0.39 is 0 Å². The molecule has 1 saturated heterocycles. The molecule has 2 heterocycles. The van der Waals surface area contributed by atoms with Crippen LogP contribution in [0.1, 0.15) is 32.3 Å². The molecule has 0 bridgehead atoms. The lowest BCUT2D eigenvalue weighted by atomic mass is 10.0. The molecule has 1 unspecified atom stereocenters. The van der Waals surface area contributed by atoms with Crippen molar-refractivity contribution in [1.29, 1.82) is 0 Å². The van der Waals surface area contributed by atoms with Gasteiger partial charge in [0.25, 0.3) is 0 Å². The molecule has 0 aliphatic carbocycles. The van der Waals surface area contributed by atoms with E-state index in [0.29, 0.717) is 31.1 Å². The quantitative estimate of drug-likeness (QED) is 0.454. The number of ether oxygens (including phenoxy) is 3. The second-order valence-electron chi connectivity index (χ2n) is 8.54. The number of aromatic amines is 1. The highest BCUT2D eigenvalue weighted by Crippen LogP contribution is 2.29. The summed E-state index contributed by atoms with van der Waals surface area (Å²) in [6.07, 6.45) is 2.24. The Labute approximate surface area is 206 Å². The van der Waals surface area contributed by atoms with Gasteiger partial charge in [-0.05, 0) is 74.2 Å². The molecule has 1 amide bonds. The van der Waals surface area contributed by atoms with Crippen LogP contribution in [0.5, 0.6) is 17.2 Å². The fourth-order valence-electron chi connectivity index (χ4n) is 4.36. The third-order valence-electron chi connectivity index (χ3n) is 6.05. The van der Waals surface area contributed by atoms with Crippen molar-refractivity contribution in [3.63, 3.8) is 0 Å². The fourth-order valence-corrected chi connectivity index (χ4v) is 4.36. The molecule has 0 spiro atoms. The number of hydrogen-bond donors (Lipinski definition) is 2. The molecule has 8 heteroatoms. The Morgan fingerprint density at radius 3 is 2.60 bits per heavy atom. The first kappa shape index (κ1) is 24.4. The maximum Gasteiger partial charge on any atom is 0.224 e. The van der Waals surface area contributed by atoms with Crippen molar-refractivity contribution in [3.05, 3.63) is 54.1 Å². The molecule has 186 valence electrons.